The summed E-state index contributed by atoms with van der Waals surface area (Å²) in [5.74, 6) is -1.62. The molecule has 0 radical (unpaired) electrons. The Balaban J connectivity index is 2.63. The maximum atomic E-state index is 11.5. The third kappa shape index (κ3) is 2.62. The number of benzene rings is 1. The van der Waals surface area contributed by atoms with E-state index in [1.54, 1.807) is 0 Å². The van der Waals surface area contributed by atoms with Crippen molar-refractivity contribution in [2.75, 3.05) is 7.11 Å². The third-order valence-corrected chi connectivity index (χ3v) is 3.06. The van der Waals surface area contributed by atoms with Gasteiger partial charge in [-0.3, -0.25) is 4.98 Å². The van der Waals surface area contributed by atoms with E-state index in [0.717, 1.165) is 0 Å². The molecule has 0 unspecified atom stereocenters. The number of hydrogen-bond acceptors (Lipinski definition) is 4. The van der Waals surface area contributed by atoms with Gasteiger partial charge in [0.05, 0.1) is 18.2 Å². The first-order valence-corrected chi connectivity index (χ1v) is 5.98. The summed E-state index contributed by atoms with van der Waals surface area (Å²) in [6.45, 7) is 0. The Bertz CT molecular complexity index is 685. The highest BCUT2D eigenvalue weighted by molar-refractivity contribution is 6.33. The molecule has 0 bridgehead atoms. The number of aromatic nitrogens is 1. The van der Waals surface area contributed by atoms with Crippen LogP contribution >= 0.6 is 11.6 Å². The molecule has 6 heteroatoms. The molecule has 1 heterocycles. The van der Waals surface area contributed by atoms with Crippen molar-refractivity contribution in [2.45, 2.75) is 0 Å². The lowest BCUT2D eigenvalue weighted by Gasteiger charge is -2.09. The predicted octanol–water partition coefficient (Wildman–Crippen LogP) is 2.89. The van der Waals surface area contributed by atoms with Crippen LogP contribution in [-0.4, -0.2) is 29.1 Å². The lowest BCUT2D eigenvalue weighted by atomic mass is 10.00. The second-order valence-corrected chi connectivity index (χ2v) is 4.32. The van der Waals surface area contributed by atoms with E-state index in [9.17, 15) is 14.7 Å². The fraction of sp³-hybridized carbons (Fsp3) is 0.0714. The quantitative estimate of drug-likeness (QED) is 0.880. The standard InChI is InChI=1S/C14H10ClNO4/c1-20-14(19)8-2-3-12(15)10(6-8)11-7-16-5-4-9(11)13(17)18/h2-7H,1H3,(H,17,18). The highest BCUT2D eigenvalue weighted by Gasteiger charge is 2.16. The number of halogens is 1. The van der Waals surface area contributed by atoms with Crippen LogP contribution in [0.2, 0.25) is 5.02 Å². The van der Waals surface area contributed by atoms with Gasteiger partial charge in [0.1, 0.15) is 0 Å². The van der Waals surface area contributed by atoms with Crippen LogP contribution in [0.3, 0.4) is 0 Å². The van der Waals surface area contributed by atoms with Crippen LogP contribution in [0.4, 0.5) is 0 Å². The van der Waals surface area contributed by atoms with Crippen molar-refractivity contribution in [3.05, 3.63) is 52.8 Å². The molecule has 5 nitrogen and oxygen atoms in total. The molecular weight excluding hydrogens is 282 g/mol. The lowest BCUT2D eigenvalue weighted by molar-refractivity contribution is 0.0600. The molecule has 2 rings (SSSR count). The summed E-state index contributed by atoms with van der Waals surface area (Å²) in [5.41, 5.74) is 1.10. The molecule has 0 amide bonds. The zero-order valence-corrected chi connectivity index (χ0v) is 11.2. The van der Waals surface area contributed by atoms with Crippen LogP contribution in [-0.2, 0) is 4.74 Å². The second kappa shape index (κ2) is 5.71. The average Bonchev–Trinajstić information content (AvgIpc) is 2.47. The minimum absolute atomic E-state index is 0.0592. The molecule has 0 spiro atoms. The smallest absolute Gasteiger partial charge is 0.337 e. The number of methoxy groups -OCH3 is 1. The largest absolute Gasteiger partial charge is 0.478 e. The molecular formula is C14H10ClNO4. The summed E-state index contributed by atoms with van der Waals surface area (Å²) < 4.78 is 4.63. The number of esters is 1. The van der Waals surface area contributed by atoms with Gasteiger partial charge in [-0.05, 0) is 24.3 Å². The maximum absolute atomic E-state index is 11.5. The lowest BCUT2D eigenvalue weighted by Crippen LogP contribution is -2.03. The van der Waals surface area contributed by atoms with Crippen LogP contribution < -0.4 is 0 Å². The first-order valence-electron chi connectivity index (χ1n) is 5.60. The Morgan fingerprint density at radius 3 is 2.65 bits per heavy atom. The molecule has 1 aromatic carbocycles. The highest BCUT2D eigenvalue weighted by atomic mass is 35.5. The number of carboxylic acids is 1. The Kier molecular flexibility index (Phi) is 4.00. The van der Waals surface area contributed by atoms with Crippen LogP contribution in [0, 0.1) is 0 Å². The topological polar surface area (TPSA) is 76.5 Å². The van der Waals surface area contributed by atoms with Crippen molar-refractivity contribution in [1.29, 1.82) is 0 Å². The number of nitrogens with zero attached hydrogens (tertiary/aromatic N) is 1. The van der Waals surface area contributed by atoms with Crippen molar-refractivity contribution in [3.63, 3.8) is 0 Å². The molecule has 2 aromatic rings. The molecule has 0 saturated carbocycles. The molecule has 0 aliphatic rings. The number of hydrogen-bond donors (Lipinski definition) is 1. The van der Waals surface area contributed by atoms with Gasteiger partial charge in [-0.1, -0.05) is 11.6 Å². The van der Waals surface area contributed by atoms with Crippen molar-refractivity contribution >= 4 is 23.5 Å². The number of carbonyl (C=O) groups excluding carboxylic acids is 1. The number of aromatic carboxylic acids is 1. The number of rotatable bonds is 3. The first-order chi connectivity index (χ1) is 9.54. The Labute approximate surface area is 119 Å². The Morgan fingerprint density at radius 1 is 1.25 bits per heavy atom. The van der Waals surface area contributed by atoms with Gasteiger partial charge in [-0.15, -0.1) is 0 Å². The summed E-state index contributed by atoms with van der Waals surface area (Å²) in [5, 5.41) is 9.51. The number of carbonyl (C=O) groups is 2. The first kappa shape index (κ1) is 14.0. The fourth-order valence-electron chi connectivity index (χ4n) is 1.77. The molecule has 1 aromatic heterocycles. The molecule has 0 saturated heterocycles. The van der Waals surface area contributed by atoms with Gasteiger partial charge in [0.2, 0.25) is 0 Å². The van der Waals surface area contributed by atoms with E-state index in [1.807, 2.05) is 0 Å². The van der Waals surface area contributed by atoms with Gasteiger partial charge >= 0.3 is 11.9 Å². The molecule has 0 atom stereocenters. The number of ether oxygens (including phenoxy) is 1. The van der Waals surface area contributed by atoms with Gasteiger partial charge in [0.25, 0.3) is 0 Å². The van der Waals surface area contributed by atoms with Gasteiger partial charge in [-0.2, -0.15) is 0 Å². The van der Waals surface area contributed by atoms with E-state index in [1.165, 1.54) is 43.8 Å². The Hall–Kier alpha value is -2.40. The average molecular weight is 292 g/mol. The molecule has 20 heavy (non-hydrogen) atoms. The normalized spacial score (nSPS) is 10.1. The van der Waals surface area contributed by atoms with E-state index < -0.39 is 11.9 Å². The van der Waals surface area contributed by atoms with E-state index in [0.29, 0.717) is 16.1 Å². The summed E-state index contributed by atoms with van der Waals surface area (Å²) >= 11 is 6.08. The monoisotopic (exact) mass is 291 g/mol. The van der Waals surface area contributed by atoms with Crippen LogP contribution in [0.15, 0.2) is 36.7 Å². The second-order valence-electron chi connectivity index (χ2n) is 3.91. The van der Waals surface area contributed by atoms with Gasteiger partial charge in [0.15, 0.2) is 0 Å². The zero-order valence-electron chi connectivity index (χ0n) is 10.5. The molecule has 0 aliphatic heterocycles. The fourth-order valence-corrected chi connectivity index (χ4v) is 1.99. The van der Waals surface area contributed by atoms with Crippen molar-refractivity contribution in [3.8, 4) is 11.1 Å². The van der Waals surface area contributed by atoms with Crippen LogP contribution in [0.25, 0.3) is 11.1 Å². The number of pyridine rings is 1. The van der Waals surface area contributed by atoms with Crippen molar-refractivity contribution in [1.82, 2.24) is 4.98 Å². The van der Waals surface area contributed by atoms with Crippen molar-refractivity contribution in [2.24, 2.45) is 0 Å². The van der Waals surface area contributed by atoms with Crippen LogP contribution in [0.1, 0.15) is 20.7 Å². The molecule has 1 N–H and O–H groups in total. The Morgan fingerprint density at radius 2 is 2.00 bits per heavy atom. The van der Waals surface area contributed by atoms with E-state index >= 15 is 0 Å². The summed E-state index contributed by atoms with van der Waals surface area (Å²) in [6.07, 6.45) is 2.77. The van der Waals surface area contributed by atoms with Gasteiger partial charge in [-0.25, -0.2) is 9.59 Å². The third-order valence-electron chi connectivity index (χ3n) is 2.73. The molecule has 0 aliphatic carbocycles. The van der Waals surface area contributed by atoms with Crippen LogP contribution in [0.5, 0.6) is 0 Å². The molecule has 0 fully saturated rings. The van der Waals surface area contributed by atoms with Gasteiger partial charge < -0.3 is 9.84 Å². The van der Waals surface area contributed by atoms with E-state index in [-0.39, 0.29) is 11.1 Å². The summed E-state index contributed by atoms with van der Waals surface area (Å²) in [6, 6.07) is 5.88. The minimum atomic E-state index is -1.10. The van der Waals surface area contributed by atoms with E-state index in [4.69, 9.17) is 11.6 Å². The minimum Gasteiger partial charge on any atom is -0.478 e. The predicted molar refractivity (Wildman–Crippen MR) is 73.0 cm³/mol. The summed E-state index contributed by atoms with van der Waals surface area (Å²) in [7, 11) is 1.27. The maximum Gasteiger partial charge on any atom is 0.337 e. The molecule has 102 valence electrons. The van der Waals surface area contributed by atoms with Crippen molar-refractivity contribution < 1.29 is 19.4 Å². The van der Waals surface area contributed by atoms with Gasteiger partial charge in [0, 0.05) is 28.5 Å². The SMILES string of the molecule is COC(=O)c1ccc(Cl)c(-c2cnccc2C(=O)O)c1. The summed E-state index contributed by atoms with van der Waals surface area (Å²) in [4.78, 5) is 26.7. The zero-order chi connectivity index (χ0) is 14.7. The van der Waals surface area contributed by atoms with E-state index in [2.05, 4.69) is 9.72 Å². The highest BCUT2D eigenvalue weighted by Crippen LogP contribution is 2.31. The number of carboxylic acid groups (broad SMARTS) is 1.